The molecule has 7 nitrogen and oxygen atoms in total. The number of aromatic amines is 1. The maximum Gasteiger partial charge on any atom is 0.266 e. The average Bonchev–Trinajstić information content (AvgIpc) is 2.35. The molecule has 0 aliphatic heterocycles. The molecule has 0 aliphatic rings. The zero-order chi connectivity index (χ0) is 14.0. The van der Waals surface area contributed by atoms with Crippen LogP contribution in [0.4, 0.5) is 15.9 Å². The second-order valence-corrected chi connectivity index (χ2v) is 5.25. The Hall–Kier alpha value is -2.42. The number of sulfonamides is 1. The van der Waals surface area contributed by atoms with Crippen molar-refractivity contribution in [3.8, 4) is 0 Å². The predicted molar refractivity (Wildman–Crippen MR) is 66.5 cm³/mol. The molecule has 2 aromatic rings. The van der Waals surface area contributed by atoms with Crippen molar-refractivity contribution in [2.24, 2.45) is 0 Å². The van der Waals surface area contributed by atoms with Gasteiger partial charge in [-0.2, -0.15) is 5.10 Å². The molecule has 4 N–H and O–H groups in total. The van der Waals surface area contributed by atoms with Crippen LogP contribution >= 0.6 is 0 Å². The standard InChI is InChI=1S/C10H9FN4O3S/c11-7-2-1-6(12)5-8(7)19(17,18)15-9-3-4-10(16)14-13-9/h1-5H,12H2,(H,13,15)(H,14,16). The van der Waals surface area contributed by atoms with Crippen molar-refractivity contribution in [2.75, 3.05) is 10.5 Å². The zero-order valence-corrected chi connectivity index (χ0v) is 10.2. The van der Waals surface area contributed by atoms with Gasteiger partial charge in [0.15, 0.2) is 5.82 Å². The fourth-order valence-electron chi connectivity index (χ4n) is 1.32. The summed E-state index contributed by atoms with van der Waals surface area (Å²) in [6.07, 6.45) is 0. The third-order valence-corrected chi connectivity index (χ3v) is 3.53. The Balaban J connectivity index is 2.40. The van der Waals surface area contributed by atoms with E-state index >= 15 is 0 Å². The molecule has 0 atom stereocenters. The molecule has 0 amide bonds. The van der Waals surface area contributed by atoms with E-state index in [1.54, 1.807) is 0 Å². The summed E-state index contributed by atoms with van der Waals surface area (Å²) in [7, 11) is -4.17. The molecule has 0 spiro atoms. The molecule has 0 bridgehead atoms. The lowest BCUT2D eigenvalue weighted by atomic mass is 10.3. The number of rotatable bonds is 3. The van der Waals surface area contributed by atoms with Gasteiger partial charge in [-0.1, -0.05) is 0 Å². The number of nitrogens with zero attached hydrogens (tertiary/aromatic N) is 1. The maximum atomic E-state index is 13.5. The summed E-state index contributed by atoms with van der Waals surface area (Å²) < 4.78 is 39.3. The van der Waals surface area contributed by atoms with E-state index in [1.807, 2.05) is 9.82 Å². The fourth-order valence-corrected chi connectivity index (χ4v) is 2.43. The summed E-state index contributed by atoms with van der Waals surface area (Å²) in [5.74, 6) is -1.08. The van der Waals surface area contributed by atoms with E-state index in [4.69, 9.17) is 5.73 Å². The van der Waals surface area contributed by atoms with Gasteiger partial charge in [0.2, 0.25) is 0 Å². The molecule has 0 saturated heterocycles. The Bertz CT molecular complexity index is 752. The van der Waals surface area contributed by atoms with Crippen molar-refractivity contribution in [3.05, 3.63) is 46.5 Å². The lowest BCUT2D eigenvalue weighted by molar-refractivity contribution is 0.570. The lowest BCUT2D eigenvalue weighted by Crippen LogP contribution is -2.17. The van der Waals surface area contributed by atoms with Crippen molar-refractivity contribution < 1.29 is 12.8 Å². The van der Waals surface area contributed by atoms with Crippen LogP contribution in [0, 0.1) is 5.82 Å². The SMILES string of the molecule is Nc1ccc(F)c(S(=O)(=O)Nc2ccc(=O)[nH]n2)c1. The minimum absolute atomic E-state index is 0.108. The average molecular weight is 284 g/mol. The molecule has 9 heteroatoms. The first kappa shape index (κ1) is 13.0. The normalized spacial score (nSPS) is 11.2. The third-order valence-electron chi connectivity index (χ3n) is 2.16. The molecule has 0 fully saturated rings. The minimum atomic E-state index is -4.17. The van der Waals surface area contributed by atoms with Crippen LogP contribution in [-0.4, -0.2) is 18.6 Å². The second kappa shape index (κ2) is 4.69. The van der Waals surface area contributed by atoms with Crippen molar-refractivity contribution in [1.29, 1.82) is 0 Å². The predicted octanol–water partition coefficient (Wildman–Crippen LogP) is 0.292. The number of hydrogen-bond acceptors (Lipinski definition) is 5. The highest BCUT2D eigenvalue weighted by Crippen LogP contribution is 2.19. The number of nitrogens with one attached hydrogen (secondary N) is 2. The highest BCUT2D eigenvalue weighted by atomic mass is 32.2. The molecule has 2 rings (SSSR count). The lowest BCUT2D eigenvalue weighted by Gasteiger charge is -2.08. The molecule has 100 valence electrons. The number of benzene rings is 1. The van der Waals surface area contributed by atoms with Crippen LogP contribution in [0.3, 0.4) is 0 Å². The van der Waals surface area contributed by atoms with E-state index in [0.717, 1.165) is 24.3 Å². The van der Waals surface area contributed by atoms with Gasteiger partial charge >= 0.3 is 0 Å². The van der Waals surface area contributed by atoms with Crippen LogP contribution in [-0.2, 0) is 10.0 Å². The monoisotopic (exact) mass is 284 g/mol. The Morgan fingerprint density at radius 1 is 1.26 bits per heavy atom. The smallest absolute Gasteiger partial charge is 0.266 e. The summed E-state index contributed by atoms with van der Waals surface area (Å²) in [5.41, 5.74) is 5.04. The molecular formula is C10H9FN4O3S. The van der Waals surface area contributed by atoms with E-state index in [1.165, 1.54) is 6.07 Å². The van der Waals surface area contributed by atoms with Crippen molar-refractivity contribution in [1.82, 2.24) is 10.2 Å². The van der Waals surface area contributed by atoms with Crippen LogP contribution in [0.25, 0.3) is 0 Å². The minimum Gasteiger partial charge on any atom is -0.399 e. The second-order valence-electron chi connectivity index (χ2n) is 3.60. The highest BCUT2D eigenvalue weighted by Gasteiger charge is 2.20. The van der Waals surface area contributed by atoms with Crippen molar-refractivity contribution >= 4 is 21.5 Å². The van der Waals surface area contributed by atoms with Crippen molar-refractivity contribution in [2.45, 2.75) is 4.90 Å². The molecular weight excluding hydrogens is 275 g/mol. The van der Waals surface area contributed by atoms with Crippen LogP contribution in [0.1, 0.15) is 0 Å². The number of nitrogens with two attached hydrogens (primary N) is 1. The number of halogens is 1. The van der Waals surface area contributed by atoms with Crippen LogP contribution in [0.2, 0.25) is 0 Å². The van der Waals surface area contributed by atoms with Gasteiger partial charge in [0.05, 0.1) is 0 Å². The van der Waals surface area contributed by atoms with E-state index in [-0.39, 0.29) is 11.5 Å². The van der Waals surface area contributed by atoms with Gasteiger partial charge in [-0.05, 0) is 24.3 Å². The number of anilines is 2. The number of aromatic nitrogens is 2. The van der Waals surface area contributed by atoms with Gasteiger partial charge in [0.1, 0.15) is 10.7 Å². The Morgan fingerprint density at radius 3 is 2.63 bits per heavy atom. The van der Waals surface area contributed by atoms with Gasteiger partial charge in [-0.15, -0.1) is 0 Å². The van der Waals surface area contributed by atoms with E-state index in [9.17, 15) is 17.6 Å². The first-order valence-electron chi connectivity index (χ1n) is 5.02. The Labute approximate surface area is 107 Å². The van der Waals surface area contributed by atoms with Gasteiger partial charge < -0.3 is 5.73 Å². The summed E-state index contributed by atoms with van der Waals surface area (Å²) in [4.78, 5) is 10.2. The zero-order valence-electron chi connectivity index (χ0n) is 9.42. The molecule has 1 heterocycles. The van der Waals surface area contributed by atoms with E-state index < -0.39 is 26.3 Å². The summed E-state index contributed by atoms with van der Waals surface area (Å²) in [6, 6.07) is 5.42. The van der Waals surface area contributed by atoms with Gasteiger partial charge in [-0.25, -0.2) is 17.9 Å². The topological polar surface area (TPSA) is 118 Å². The molecule has 1 aromatic carbocycles. The first-order chi connectivity index (χ1) is 8.88. The van der Waals surface area contributed by atoms with E-state index in [0.29, 0.717) is 0 Å². The summed E-state index contributed by atoms with van der Waals surface area (Å²) in [5, 5.41) is 5.51. The molecule has 0 saturated carbocycles. The molecule has 0 radical (unpaired) electrons. The molecule has 0 unspecified atom stereocenters. The van der Waals surface area contributed by atoms with Crippen LogP contribution in [0.5, 0.6) is 0 Å². The van der Waals surface area contributed by atoms with Crippen LogP contribution in [0.15, 0.2) is 40.0 Å². The van der Waals surface area contributed by atoms with Crippen LogP contribution < -0.4 is 16.0 Å². The van der Waals surface area contributed by atoms with E-state index in [2.05, 4.69) is 5.10 Å². The largest absolute Gasteiger partial charge is 0.399 e. The number of hydrogen-bond donors (Lipinski definition) is 3. The quantitative estimate of drug-likeness (QED) is 0.700. The molecule has 1 aromatic heterocycles. The first-order valence-corrected chi connectivity index (χ1v) is 6.50. The Kier molecular flexibility index (Phi) is 3.21. The molecule has 0 aliphatic carbocycles. The van der Waals surface area contributed by atoms with Gasteiger partial charge in [-0.3, -0.25) is 9.52 Å². The Morgan fingerprint density at radius 2 is 2.00 bits per heavy atom. The van der Waals surface area contributed by atoms with Crippen molar-refractivity contribution in [3.63, 3.8) is 0 Å². The maximum absolute atomic E-state index is 13.5. The summed E-state index contributed by atoms with van der Waals surface area (Å²) in [6.45, 7) is 0. The summed E-state index contributed by atoms with van der Waals surface area (Å²) >= 11 is 0. The highest BCUT2D eigenvalue weighted by molar-refractivity contribution is 7.92. The third kappa shape index (κ3) is 2.88. The van der Waals surface area contributed by atoms with Gasteiger partial charge in [0.25, 0.3) is 15.6 Å². The molecule has 19 heavy (non-hydrogen) atoms. The van der Waals surface area contributed by atoms with Gasteiger partial charge in [0, 0.05) is 11.8 Å². The number of H-pyrrole nitrogens is 1. The number of nitrogen functional groups attached to an aromatic ring is 1. The fraction of sp³-hybridized carbons (Fsp3) is 0.